The molecular formula is C12H18O2. The lowest BCUT2D eigenvalue weighted by Gasteiger charge is -2.25. The number of aliphatic hydroxyl groups is 1. The van der Waals surface area contributed by atoms with Crippen molar-refractivity contribution in [2.75, 3.05) is 0 Å². The summed E-state index contributed by atoms with van der Waals surface area (Å²) < 4.78 is 5.54. The van der Waals surface area contributed by atoms with E-state index in [1.807, 2.05) is 37.3 Å². The molecule has 1 atom stereocenters. The van der Waals surface area contributed by atoms with Crippen LogP contribution >= 0.6 is 0 Å². The predicted octanol–water partition coefficient (Wildman–Crippen LogP) is 2.36. The molecule has 0 aliphatic carbocycles. The zero-order valence-electron chi connectivity index (χ0n) is 9.03. The summed E-state index contributed by atoms with van der Waals surface area (Å²) >= 11 is 0. The largest absolute Gasteiger partial charge is 0.388 e. The number of ether oxygens (including phenoxy) is 1. The summed E-state index contributed by atoms with van der Waals surface area (Å²) in [4.78, 5) is 0. The third-order valence-corrected chi connectivity index (χ3v) is 2.34. The summed E-state index contributed by atoms with van der Waals surface area (Å²) in [7, 11) is 0. The molecule has 0 amide bonds. The monoisotopic (exact) mass is 194 g/mol. The molecule has 0 heterocycles. The van der Waals surface area contributed by atoms with Crippen LogP contribution in [0.4, 0.5) is 0 Å². The molecule has 1 N–H and O–H groups in total. The molecule has 0 saturated carbocycles. The van der Waals surface area contributed by atoms with E-state index in [0.717, 1.165) is 5.56 Å². The van der Waals surface area contributed by atoms with Gasteiger partial charge in [-0.1, -0.05) is 30.3 Å². The molecule has 78 valence electrons. The van der Waals surface area contributed by atoms with Crippen LogP contribution in [0.2, 0.25) is 0 Å². The van der Waals surface area contributed by atoms with Gasteiger partial charge < -0.3 is 9.84 Å². The Hall–Kier alpha value is -0.860. The Bertz CT molecular complexity index is 261. The van der Waals surface area contributed by atoms with E-state index in [2.05, 4.69) is 0 Å². The van der Waals surface area contributed by atoms with Gasteiger partial charge >= 0.3 is 0 Å². The molecule has 0 spiro atoms. The predicted molar refractivity (Wildman–Crippen MR) is 57.0 cm³/mol. The van der Waals surface area contributed by atoms with E-state index in [-0.39, 0.29) is 6.10 Å². The maximum absolute atomic E-state index is 9.64. The molecule has 1 rings (SSSR count). The van der Waals surface area contributed by atoms with Gasteiger partial charge in [0.15, 0.2) is 0 Å². The first-order valence-electron chi connectivity index (χ1n) is 4.88. The second-order valence-electron chi connectivity index (χ2n) is 4.09. The van der Waals surface area contributed by atoms with Gasteiger partial charge in [0.1, 0.15) is 0 Å². The minimum atomic E-state index is -0.783. The van der Waals surface area contributed by atoms with Crippen molar-refractivity contribution in [3.05, 3.63) is 35.9 Å². The van der Waals surface area contributed by atoms with Crippen molar-refractivity contribution in [2.24, 2.45) is 0 Å². The lowest BCUT2D eigenvalue weighted by atomic mass is 10.0. The van der Waals surface area contributed by atoms with Crippen molar-refractivity contribution in [1.29, 1.82) is 0 Å². The van der Waals surface area contributed by atoms with Crippen LogP contribution < -0.4 is 0 Å². The molecule has 0 aromatic heterocycles. The van der Waals surface area contributed by atoms with Gasteiger partial charge in [-0.25, -0.2) is 0 Å². The van der Waals surface area contributed by atoms with Crippen LogP contribution in [0.3, 0.4) is 0 Å². The van der Waals surface area contributed by atoms with Crippen molar-refractivity contribution in [3.63, 3.8) is 0 Å². The Kier molecular flexibility index (Phi) is 3.67. The molecule has 0 aliphatic rings. The number of benzene rings is 1. The second kappa shape index (κ2) is 4.58. The molecule has 2 nitrogen and oxygen atoms in total. The van der Waals surface area contributed by atoms with Crippen molar-refractivity contribution in [2.45, 2.75) is 39.1 Å². The van der Waals surface area contributed by atoms with Gasteiger partial charge in [0, 0.05) is 0 Å². The van der Waals surface area contributed by atoms with Crippen molar-refractivity contribution in [1.82, 2.24) is 0 Å². The Morgan fingerprint density at radius 1 is 1.29 bits per heavy atom. The molecule has 1 unspecified atom stereocenters. The van der Waals surface area contributed by atoms with E-state index in [9.17, 15) is 5.11 Å². The highest BCUT2D eigenvalue weighted by molar-refractivity contribution is 5.13. The molecule has 2 heteroatoms. The zero-order chi connectivity index (χ0) is 10.6. The third kappa shape index (κ3) is 3.48. The highest BCUT2D eigenvalue weighted by atomic mass is 16.5. The number of hydrogen-bond donors (Lipinski definition) is 1. The van der Waals surface area contributed by atoms with Gasteiger partial charge in [-0.05, 0) is 26.3 Å². The molecular weight excluding hydrogens is 176 g/mol. The maximum Gasteiger partial charge on any atom is 0.0849 e. The number of rotatable bonds is 4. The second-order valence-corrected chi connectivity index (χ2v) is 4.09. The fraction of sp³-hybridized carbons (Fsp3) is 0.500. The van der Waals surface area contributed by atoms with Gasteiger partial charge in [0.05, 0.1) is 18.3 Å². The third-order valence-electron chi connectivity index (χ3n) is 2.34. The summed E-state index contributed by atoms with van der Waals surface area (Å²) in [5, 5.41) is 9.64. The van der Waals surface area contributed by atoms with Crippen molar-refractivity contribution >= 4 is 0 Å². The number of hydrogen-bond acceptors (Lipinski definition) is 2. The van der Waals surface area contributed by atoms with E-state index in [1.165, 1.54) is 0 Å². The zero-order valence-corrected chi connectivity index (χ0v) is 9.03. The minimum Gasteiger partial charge on any atom is -0.388 e. The minimum absolute atomic E-state index is 0.164. The average Bonchev–Trinajstić information content (AvgIpc) is 2.14. The van der Waals surface area contributed by atoms with Crippen LogP contribution in [-0.2, 0) is 11.3 Å². The van der Waals surface area contributed by atoms with E-state index in [1.54, 1.807) is 13.8 Å². The Balaban J connectivity index is 2.42. The van der Waals surface area contributed by atoms with E-state index >= 15 is 0 Å². The summed E-state index contributed by atoms with van der Waals surface area (Å²) in [6, 6.07) is 9.96. The molecule has 1 aromatic rings. The van der Waals surface area contributed by atoms with Crippen LogP contribution in [0.25, 0.3) is 0 Å². The van der Waals surface area contributed by atoms with Gasteiger partial charge in [-0.2, -0.15) is 0 Å². The van der Waals surface area contributed by atoms with E-state index in [0.29, 0.717) is 6.61 Å². The van der Waals surface area contributed by atoms with E-state index < -0.39 is 5.60 Å². The molecule has 0 radical (unpaired) electrons. The maximum atomic E-state index is 9.64. The van der Waals surface area contributed by atoms with Crippen LogP contribution in [0.5, 0.6) is 0 Å². The fourth-order valence-electron chi connectivity index (χ4n) is 0.999. The Morgan fingerprint density at radius 3 is 2.36 bits per heavy atom. The van der Waals surface area contributed by atoms with Crippen molar-refractivity contribution < 1.29 is 9.84 Å². The van der Waals surface area contributed by atoms with Gasteiger partial charge in [-0.15, -0.1) is 0 Å². The van der Waals surface area contributed by atoms with Crippen molar-refractivity contribution in [3.8, 4) is 0 Å². The smallest absolute Gasteiger partial charge is 0.0849 e. The van der Waals surface area contributed by atoms with Gasteiger partial charge in [0.25, 0.3) is 0 Å². The summed E-state index contributed by atoms with van der Waals surface area (Å²) in [6.07, 6.45) is -0.164. The molecule has 0 fully saturated rings. The standard InChI is InChI=1S/C12H18O2/c1-10(12(2,3)13)14-9-11-7-5-4-6-8-11/h4-8,10,13H,9H2,1-3H3. The normalized spacial score (nSPS) is 14.0. The van der Waals surface area contributed by atoms with Crippen LogP contribution in [0.1, 0.15) is 26.3 Å². The molecule has 14 heavy (non-hydrogen) atoms. The lowest BCUT2D eigenvalue weighted by molar-refractivity contribution is -0.0850. The quantitative estimate of drug-likeness (QED) is 0.797. The average molecular weight is 194 g/mol. The highest BCUT2D eigenvalue weighted by Gasteiger charge is 2.22. The topological polar surface area (TPSA) is 29.5 Å². The first kappa shape index (κ1) is 11.2. The Morgan fingerprint density at radius 2 is 1.86 bits per heavy atom. The highest BCUT2D eigenvalue weighted by Crippen LogP contribution is 2.13. The van der Waals surface area contributed by atoms with Gasteiger partial charge in [0.2, 0.25) is 0 Å². The van der Waals surface area contributed by atoms with Gasteiger partial charge in [-0.3, -0.25) is 0 Å². The molecule has 0 bridgehead atoms. The first-order valence-corrected chi connectivity index (χ1v) is 4.88. The lowest BCUT2D eigenvalue weighted by Crippen LogP contribution is -2.35. The summed E-state index contributed by atoms with van der Waals surface area (Å²) in [6.45, 7) is 5.93. The molecule has 0 aliphatic heterocycles. The van der Waals surface area contributed by atoms with Crippen LogP contribution in [0.15, 0.2) is 30.3 Å². The fourth-order valence-corrected chi connectivity index (χ4v) is 0.999. The molecule has 1 aromatic carbocycles. The van der Waals surface area contributed by atoms with Crippen LogP contribution in [0, 0.1) is 0 Å². The van der Waals surface area contributed by atoms with E-state index in [4.69, 9.17) is 4.74 Å². The summed E-state index contributed by atoms with van der Waals surface area (Å²) in [5.74, 6) is 0. The van der Waals surface area contributed by atoms with Crippen LogP contribution in [-0.4, -0.2) is 16.8 Å². The molecule has 0 saturated heterocycles. The first-order chi connectivity index (χ1) is 6.50. The summed E-state index contributed by atoms with van der Waals surface area (Å²) in [5.41, 5.74) is 0.345. The SMILES string of the molecule is CC(OCc1ccccc1)C(C)(C)O. The Labute approximate surface area is 85.5 Å².